The summed E-state index contributed by atoms with van der Waals surface area (Å²) in [6.45, 7) is 5.22. The SMILES string of the molecule is CCCCCCCCCCCCCCCCCCCC(=O)Cc1ccccc1[N+](=O)[O-].CCCCCCCCCCCCCCCCCCN=C=O.Nc1ccccc1[N+](=O)[O-]. The molecule has 62 heavy (non-hydrogen) atoms. The maximum atomic E-state index is 12.1. The lowest BCUT2D eigenvalue weighted by Gasteiger charge is -2.04. The summed E-state index contributed by atoms with van der Waals surface area (Å²) >= 11 is 0. The third-order valence-electron chi connectivity index (χ3n) is 11.5. The summed E-state index contributed by atoms with van der Waals surface area (Å²) in [5.74, 6) is 0.107. The van der Waals surface area contributed by atoms with Gasteiger partial charge in [-0.05, 0) is 18.9 Å². The minimum absolute atomic E-state index is 0.0394. The first-order valence-electron chi connectivity index (χ1n) is 25.0. The molecule has 0 spiro atoms. The van der Waals surface area contributed by atoms with Crippen molar-refractivity contribution in [3.8, 4) is 0 Å². The summed E-state index contributed by atoms with van der Waals surface area (Å²) in [7, 11) is 0. The van der Waals surface area contributed by atoms with Gasteiger partial charge in [-0.25, -0.2) is 9.79 Å². The number of unbranched alkanes of at least 4 members (excludes halogenated alkanes) is 31. The van der Waals surface area contributed by atoms with E-state index in [1.54, 1.807) is 36.4 Å². The fourth-order valence-corrected chi connectivity index (χ4v) is 7.62. The van der Waals surface area contributed by atoms with E-state index in [2.05, 4.69) is 18.8 Å². The van der Waals surface area contributed by atoms with Crippen LogP contribution in [0, 0.1) is 20.2 Å². The molecule has 0 fully saturated rings. The average Bonchev–Trinajstić information content (AvgIpc) is 3.26. The van der Waals surface area contributed by atoms with Gasteiger partial charge in [0.15, 0.2) is 0 Å². The molecule has 352 valence electrons. The average molecular weight is 865 g/mol. The molecule has 0 atom stereocenters. The van der Waals surface area contributed by atoms with Crippen LogP contribution in [0.4, 0.5) is 17.1 Å². The highest BCUT2D eigenvalue weighted by Crippen LogP contribution is 2.21. The topological polar surface area (TPSA) is 159 Å². The first kappa shape index (κ1) is 58.1. The Morgan fingerprint density at radius 3 is 1.16 bits per heavy atom. The standard InChI is InChI=1S/C27H45NO3.C19H37NO.C6H6N2O2/c1-2-3-4-5-6-7-8-9-10-11-12-13-14-15-16-17-18-22-26(29)24-25-21-19-20-23-27(25)28(30)31;1-2-3-4-5-6-7-8-9-10-11-12-13-14-15-16-17-18-20-19-21;7-5-3-1-2-4-6(5)8(9)10/h19-21,23H,2-18,22,24H2,1H3;2-18H2,1H3;1-4H,7H2. The third-order valence-corrected chi connectivity index (χ3v) is 11.5. The molecule has 0 aliphatic rings. The van der Waals surface area contributed by atoms with Crippen molar-refractivity contribution >= 4 is 28.9 Å². The molecule has 0 aliphatic heterocycles. The maximum Gasteiger partial charge on any atom is 0.292 e. The maximum absolute atomic E-state index is 12.1. The van der Waals surface area contributed by atoms with E-state index in [1.807, 2.05) is 0 Å². The van der Waals surface area contributed by atoms with E-state index in [1.165, 1.54) is 211 Å². The Balaban J connectivity index is 0.00000102. The van der Waals surface area contributed by atoms with Crippen molar-refractivity contribution in [2.24, 2.45) is 4.99 Å². The van der Waals surface area contributed by atoms with Crippen molar-refractivity contribution in [2.75, 3.05) is 12.3 Å². The molecular weight excluding hydrogens is 777 g/mol. The van der Waals surface area contributed by atoms with Gasteiger partial charge in [0.05, 0.1) is 16.4 Å². The fraction of sp³-hybridized carbons (Fsp3) is 0.731. The Bertz CT molecular complexity index is 1410. The van der Waals surface area contributed by atoms with Gasteiger partial charge >= 0.3 is 0 Å². The van der Waals surface area contributed by atoms with Gasteiger partial charge in [-0.3, -0.25) is 25.0 Å². The number of isocyanates is 1. The van der Waals surface area contributed by atoms with Crippen molar-refractivity contribution in [2.45, 2.75) is 239 Å². The zero-order valence-electron chi connectivity index (χ0n) is 39.4. The molecule has 0 saturated carbocycles. The Hall–Kier alpha value is -3.91. The molecule has 0 aliphatic carbocycles. The van der Waals surface area contributed by atoms with E-state index >= 15 is 0 Å². The minimum atomic E-state index is -0.505. The number of anilines is 1. The number of para-hydroxylation sites is 3. The number of benzene rings is 2. The summed E-state index contributed by atoms with van der Waals surface area (Å²) < 4.78 is 0. The zero-order chi connectivity index (χ0) is 45.6. The smallest absolute Gasteiger partial charge is 0.292 e. The van der Waals surface area contributed by atoms with E-state index in [4.69, 9.17) is 5.73 Å². The molecule has 2 N–H and O–H groups in total. The summed E-state index contributed by atoms with van der Waals surface area (Å²) in [6, 6.07) is 12.7. The molecular formula is C52H88N4O6. The number of nitro benzene ring substituents is 2. The van der Waals surface area contributed by atoms with Crippen molar-refractivity contribution in [3.63, 3.8) is 0 Å². The Morgan fingerprint density at radius 1 is 0.500 bits per heavy atom. The Labute approximate surface area is 377 Å². The first-order valence-corrected chi connectivity index (χ1v) is 25.0. The van der Waals surface area contributed by atoms with E-state index in [-0.39, 0.29) is 29.3 Å². The highest BCUT2D eigenvalue weighted by Gasteiger charge is 2.15. The summed E-state index contributed by atoms with van der Waals surface area (Å²) in [4.78, 5) is 45.8. The molecule has 0 radical (unpaired) electrons. The van der Waals surface area contributed by atoms with E-state index < -0.39 is 9.85 Å². The quantitative estimate of drug-likeness (QED) is 0.0175. The minimum Gasteiger partial charge on any atom is -0.393 e. The van der Waals surface area contributed by atoms with Crippen LogP contribution in [0.5, 0.6) is 0 Å². The largest absolute Gasteiger partial charge is 0.393 e. The van der Waals surface area contributed by atoms with Gasteiger partial charge in [0.1, 0.15) is 11.5 Å². The van der Waals surface area contributed by atoms with Crippen LogP contribution in [0.1, 0.15) is 238 Å². The molecule has 0 unspecified atom stereocenters. The van der Waals surface area contributed by atoms with Crippen LogP contribution < -0.4 is 5.73 Å². The number of ketones is 1. The summed E-state index contributed by atoms with van der Waals surface area (Å²) in [5, 5.41) is 21.2. The number of hydrogen-bond donors (Lipinski definition) is 1. The van der Waals surface area contributed by atoms with Gasteiger partial charge in [-0.15, -0.1) is 0 Å². The van der Waals surface area contributed by atoms with Crippen molar-refractivity contribution in [3.05, 3.63) is 74.3 Å². The zero-order valence-corrected chi connectivity index (χ0v) is 39.4. The number of nitrogen functional groups attached to an aromatic ring is 1. The Morgan fingerprint density at radius 2 is 0.823 bits per heavy atom. The van der Waals surface area contributed by atoms with Gasteiger partial charge in [0.2, 0.25) is 6.08 Å². The van der Waals surface area contributed by atoms with Crippen LogP contribution in [-0.2, 0) is 16.0 Å². The lowest BCUT2D eigenvalue weighted by molar-refractivity contribution is -0.385. The normalized spacial score (nSPS) is 10.5. The predicted molar refractivity (Wildman–Crippen MR) is 261 cm³/mol. The summed E-state index contributed by atoms with van der Waals surface area (Å²) in [5.41, 5.74) is 6.03. The fourth-order valence-electron chi connectivity index (χ4n) is 7.62. The number of carbonyl (C=O) groups is 1. The monoisotopic (exact) mass is 865 g/mol. The second-order valence-electron chi connectivity index (χ2n) is 17.1. The highest BCUT2D eigenvalue weighted by atomic mass is 16.6. The van der Waals surface area contributed by atoms with Crippen LogP contribution >= 0.6 is 0 Å². The number of hydrogen-bond acceptors (Lipinski definition) is 8. The van der Waals surface area contributed by atoms with E-state index in [0.29, 0.717) is 18.5 Å². The number of carbonyl (C=O) groups excluding carboxylic acids is 2. The molecule has 0 amide bonds. The van der Waals surface area contributed by atoms with Crippen LogP contribution in [0.3, 0.4) is 0 Å². The van der Waals surface area contributed by atoms with Crippen LogP contribution in [0.15, 0.2) is 53.5 Å². The molecule has 2 aromatic rings. The number of nitro groups is 2. The summed E-state index contributed by atoms with van der Waals surface area (Å²) in [6.07, 6.45) is 46.8. The van der Waals surface area contributed by atoms with Gasteiger partial charge in [0, 0.05) is 30.5 Å². The molecule has 0 saturated heterocycles. The number of nitrogens with zero attached hydrogens (tertiary/aromatic N) is 3. The molecule has 0 bridgehead atoms. The van der Waals surface area contributed by atoms with Gasteiger partial charge in [-0.1, -0.05) is 243 Å². The van der Waals surface area contributed by atoms with Crippen molar-refractivity contribution in [1.82, 2.24) is 0 Å². The number of nitrogens with two attached hydrogens (primary N) is 1. The number of aliphatic imine (C=N–C) groups is 1. The van der Waals surface area contributed by atoms with Gasteiger partial charge in [0.25, 0.3) is 11.4 Å². The first-order chi connectivity index (χ1) is 30.3. The molecule has 10 heteroatoms. The van der Waals surface area contributed by atoms with E-state index in [0.717, 1.165) is 19.3 Å². The van der Waals surface area contributed by atoms with Crippen molar-refractivity contribution in [1.29, 1.82) is 0 Å². The number of Topliss-reactive ketones (excluding diaryl/α,β-unsaturated/α-hetero) is 1. The molecule has 0 heterocycles. The molecule has 0 aromatic heterocycles. The van der Waals surface area contributed by atoms with Crippen LogP contribution in [-0.4, -0.2) is 28.3 Å². The van der Waals surface area contributed by atoms with Gasteiger partial charge in [-0.2, -0.15) is 0 Å². The highest BCUT2D eigenvalue weighted by molar-refractivity contribution is 5.81. The molecule has 2 rings (SSSR count). The number of rotatable bonds is 39. The van der Waals surface area contributed by atoms with Crippen LogP contribution in [0.2, 0.25) is 0 Å². The molecule has 10 nitrogen and oxygen atoms in total. The lowest BCUT2D eigenvalue weighted by Crippen LogP contribution is -2.05. The van der Waals surface area contributed by atoms with Crippen molar-refractivity contribution < 1.29 is 19.4 Å². The second-order valence-corrected chi connectivity index (χ2v) is 17.1. The second kappa shape index (κ2) is 45.1. The predicted octanol–water partition coefficient (Wildman–Crippen LogP) is 16.5. The lowest BCUT2D eigenvalue weighted by atomic mass is 10.0. The molecule has 2 aromatic carbocycles. The van der Waals surface area contributed by atoms with Gasteiger partial charge < -0.3 is 5.73 Å². The van der Waals surface area contributed by atoms with E-state index in [9.17, 15) is 29.8 Å². The Kier molecular flexibility index (Phi) is 42.3. The van der Waals surface area contributed by atoms with Crippen LogP contribution in [0.25, 0.3) is 0 Å². The third kappa shape index (κ3) is 37.8.